The second-order valence-corrected chi connectivity index (χ2v) is 4.42. The lowest BCUT2D eigenvalue weighted by atomic mass is 9.98. The third-order valence-corrected chi connectivity index (χ3v) is 2.63. The summed E-state index contributed by atoms with van der Waals surface area (Å²) in [6.45, 7) is 4.96. The molecule has 0 unspecified atom stereocenters. The molecule has 0 saturated heterocycles. The van der Waals surface area contributed by atoms with Gasteiger partial charge in [-0.2, -0.15) is 0 Å². The van der Waals surface area contributed by atoms with E-state index in [4.69, 9.17) is 0 Å². The maximum absolute atomic E-state index is 10.7. The molecule has 5 heteroatoms. The monoisotopic (exact) mass is 257 g/mol. The van der Waals surface area contributed by atoms with Crippen LogP contribution < -0.4 is 0 Å². The van der Waals surface area contributed by atoms with Crippen molar-refractivity contribution in [3.8, 4) is 0 Å². The largest absolute Gasteiger partial charge is 0.386 e. The zero-order valence-corrected chi connectivity index (χ0v) is 11.4. The van der Waals surface area contributed by atoms with Crippen LogP contribution in [0.4, 0.5) is 0 Å². The molecule has 0 heterocycles. The van der Waals surface area contributed by atoms with Gasteiger partial charge >= 0.3 is 5.97 Å². The van der Waals surface area contributed by atoms with E-state index in [1.165, 1.54) is 6.92 Å². The Bertz CT molecular complexity index is 289. The fourth-order valence-electron chi connectivity index (χ4n) is 1.48. The molecule has 0 bridgehead atoms. The molecular formula is C13H23NO4. The van der Waals surface area contributed by atoms with Gasteiger partial charge in [-0.25, -0.2) is 4.79 Å². The van der Waals surface area contributed by atoms with Crippen LogP contribution in [0.1, 0.15) is 52.9 Å². The molecule has 0 fully saturated rings. The number of aldehydes is 1. The summed E-state index contributed by atoms with van der Waals surface area (Å²) in [4.78, 5) is 25.9. The van der Waals surface area contributed by atoms with Crippen molar-refractivity contribution < 1.29 is 19.5 Å². The van der Waals surface area contributed by atoms with Crippen LogP contribution >= 0.6 is 0 Å². The lowest BCUT2D eigenvalue weighted by Crippen LogP contribution is -2.29. The molecule has 5 nitrogen and oxygen atoms in total. The summed E-state index contributed by atoms with van der Waals surface area (Å²) in [6, 6.07) is 0. The molecule has 18 heavy (non-hydrogen) atoms. The number of aliphatic hydroxyl groups excluding tert-OH is 1. The fourth-order valence-corrected chi connectivity index (χ4v) is 1.48. The maximum Gasteiger partial charge on any atom is 0.331 e. The van der Waals surface area contributed by atoms with Crippen LogP contribution in [-0.4, -0.2) is 29.2 Å². The highest BCUT2D eigenvalue weighted by Crippen LogP contribution is 2.11. The standard InChI is InChI=1S/C13H23NO4/c1-4-5-6-7-8-12(14-18-11(3)16)13(17)10(2)9-15/h9-10,13,17H,4-8H2,1-3H3/b14-12+/t10-,13-/m1/s1. The molecule has 0 aliphatic rings. The van der Waals surface area contributed by atoms with Crippen LogP contribution in [0.25, 0.3) is 0 Å². The molecule has 0 saturated carbocycles. The summed E-state index contributed by atoms with van der Waals surface area (Å²) in [5.74, 6) is -1.09. The number of nitrogens with zero attached hydrogens (tertiary/aromatic N) is 1. The molecular weight excluding hydrogens is 234 g/mol. The van der Waals surface area contributed by atoms with E-state index in [-0.39, 0.29) is 0 Å². The molecule has 0 amide bonds. The minimum Gasteiger partial charge on any atom is -0.386 e. The van der Waals surface area contributed by atoms with E-state index in [0.717, 1.165) is 25.7 Å². The van der Waals surface area contributed by atoms with Gasteiger partial charge in [0.15, 0.2) is 0 Å². The van der Waals surface area contributed by atoms with E-state index in [1.807, 2.05) is 0 Å². The number of rotatable bonds is 9. The summed E-state index contributed by atoms with van der Waals surface area (Å²) in [5.41, 5.74) is 0.362. The van der Waals surface area contributed by atoms with E-state index >= 15 is 0 Å². The summed E-state index contributed by atoms with van der Waals surface area (Å²) >= 11 is 0. The number of hydrogen-bond acceptors (Lipinski definition) is 5. The number of hydrogen-bond donors (Lipinski definition) is 1. The highest BCUT2D eigenvalue weighted by atomic mass is 16.7. The molecule has 1 N–H and O–H groups in total. The Labute approximate surface area is 108 Å². The molecule has 104 valence electrons. The summed E-state index contributed by atoms with van der Waals surface area (Å²) in [7, 11) is 0. The topological polar surface area (TPSA) is 76.0 Å². The van der Waals surface area contributed by atoms with Crippen LogP contribution in [0.3, 0.4) is 0 Å². The number of carbonyl (C=O) groups excluding carboxylic acids is 2. The third kappa shape index (κ3) is 7.17. The molecule has 0 aliphatic heterocycles. The van der Waals surface area contributed by atoms with Gasteiger partial charge in [-0.3, -0.25) is 0 Å². The zero-order valence-electron chi connectivity index (χ0n) is 11.4. The first kappa shape index (κ1) is 16.8. The van der Waals surface area contributed by atoms with Crippen LogP contribution in [0.15, 0.2) is 5.16 Å². The quantitative estimate of drug-likeness (QED) is 0.225. The number of aliphatic hydroxyl groups is 1. The first-order valence-corrected chi connectivity index (χ1v) is 6.40. The van der Waals surface area contributed by atoms with Gasteiger partial charge in [0.25, 0.3) is 0 Å². The molecule has 2 atom stereocenters. The SMILES string of the molecule is CCCCCC/C(=N\OC(C)=O)[C@H](O)[C@H](C)C=O. The van der Waals surface area contributed by atoms with Crippen LogP contribution in [0.5, 0.6) is 0 Å². The number of oxime groups is 1. The molecule has 0 rings (SSSR count). The second-order valence-electron chi connectivity index (χ2n) is 4.42. The molecule has 0 radical (unpaired) electrons. The van der Waals surface area contributed by atoms with Crippen molar-refractivity contribution in [3.63, 3.8) is 0 Å². The van der Waals surface area contributed by atoms with Gasteiger partial charge in [-0.05, 0) is 12.8 Å². The molecule has 0 aromatic heterocycles. The van der Waals surface area contributed by atoms with Gasteiger partial charge < -0.3 is 14.7 Å². The first-order valence-electron chi connectivity index (χ1n) is 6.40. The maximum atomic E-state index is 10.7. The van der Waals surface area contributed by atoms with Crippen molar-refractivity contribution in [2.24, 2.45) is 11.1 Å². The Balaban J connectivity index is 4.46. The predicted octanol–water partition coefficient (Wildman–Crippen LogP) is 2.07. The van der Waals surface area contributed by atoms with Crippen molar-refractivity contribution in [1.29, 1.82) is 0 Å². The average Bonchev–Trinajstić information content (AvgIpc) is 2.35. The van der Waals surface area contributed by atoms with Crippen LogP contribution in [-0.2, 0) is 14.4 Å². The lowest BCUT2D eigenvalue weighted by Gasteiger charge is -2.15. The van der Waals surface area contributed by atoms with E-state index in [0.29, 0.717) is 18.4 Å². The number of carbonyl (C=O) groups is 2. The molecule has 0 aromatic rings. The Morgan fingerprint density at radius 1 is 1.39 bits per heavy atom. The van der Waals surface area contributed by atoms with Crippen molar-refractivity contribution in [2.45, 2.75) is 59.0 Å². The lowest BCUT2D eigenvalue weighted by molar-refractivity contribution is -0.141. The van der Waals surface area contributed by atoms with Gasteiger partial charge in [0, 0.05) is 12.8 Å². The highest BCUT2D eigenvalue weighted by molar-refractivity contribution is 5.90. The molecule has 0 spiro atoms. The van der Waals surface area contributed by atoms with Crippen LogP contribution in [0.2, 0.25) is 0 Å². The van der Waals surface area contributed by atoms with Gasteiger partial charge in [-0.15, -0.1) is 0 Å². The van der Waals surface area contributed by atoms with Crippen molar-refractivity contribution in [3.05, 3.63) is 0 Å². The summed E-state index contributed by atoms with van der Waals surface area (Å²) in [6.07, 6.45) is 4.33. The smallest absolute Gasteiger partial charge is 0.331 e. The van der Waals surface area contributed by atoms with Crippen molar-refractivity contribution in [2.75, 3.05) is 0 Å². The van der Waals surface area contributed by atoms with E-state index in [1.54, 1.807) is 6.92 Å². The second kappa shape index (κ2) is 9.76. The summed E-state index contributed by atoms with van der Waals surface area (Å²) in [5, 5.41) is 13.5. The Kier molecular flexibility index (Phi) is 9.10. The average molecular weight is 257 g/mol. The zero-order chi connectivity index (χ0) is 14.0. The first-order chi connectivity index (χ1) is 8.52. The van der Waals surface area contributed by atoms with E-state index in [2.05, 4.69) is 16.9 Å². The molecule has 0 aliphatic carbocycles. The molecule has 0 aromatic carbocycles. The van der Waals surface area contributed by atoms with Gasteiger partial charge in [0.1, 0.15) is 12.4 Å². The minimum atomic E-state index is -0.983. The van der Waals surface area contributed by atoms with Gasteiger partial charge in [-0.1, -0.05) is 38.3 Å². The normalized spacial score (nSPS) is 15.0. The van der Waals surface area contributed by atoms with Crippen LogP contribution in [0, 0.1) is 5.92 Å². The van der Waals surface area contributed by atoms with Crippen molar-refractivity contribution in [1.82, 2.24) is 0 Å². The highest BCUT2D eigenvalue weighted by Gasteiger charge is 2.20. The summed E-state index contributed by atoms with van der Waals surface area (Å²) < 4.78 is 0. The Morgan fingerprint density at radius 2 is 2.06 bits per heavy atom. The van der Waals surface area contributed by atoms with Gasteiger partial charge in [0.05, 0.1) is 5.71 Å². The van der Waals surface area contributed by atoms with E-state index in [9.17, 15) is 14.7 Å². The predicted molar refractivity (Wildman–Crippen MR) is 69.2 cm³/mol. The fraction of sp³-hybridized carbons (Fsp3) is 0.769. The van der Waals surface area contributed by atoms with Gasteiger partial charge in [0.2, 0.25) is 0 Å². The Morgan fingerprint density at radius 3 is 2.56 bits per heavy atom. The third-order valence-electron chi connectivity index (χ3n) is 2.63. The van der Waals surface area contributed by atoms with Crippen molar-refractivity contribution >= 4 is 18.0 Å². The number of unbranched alkanes of at least 4 members (excludes halogenated alkanes) is 3. The Hall–Kier alpha value is -1.23. The minimum absolute atomic E-state index is 0.362. The van der Waals surface area contributed by atoms with E-state index < -0.39 is 18.0 Å².